The molecule has 0 aliphatic heterocycles. The second kappa shape index (κ2) is 4.41. The highest BCUT2D eigenvalue weighted by molar-refractivity contribution is 9.10. The summed E-state index contributed by atoms with van der Waals surface area (Å²) in [5.74, 6) is 0.353. The number of aryl methyl sites for hydroxylation is 1. The first kappa shape index (κ1) is 11.0. The second-order valence-electron chi connectivity index (χ2n) is 3.09. The molecule has 1 rings (SSSR count). The van der Waals surface area contributed by atoms with E-state index < -0.39 is 0 Å². The monoisotopic (exact) mass is 257 g/mol. The summed E-state index contributed by atoms with van der Waals surface area (Å²) >= 11 is 3.41. The Bertz CT molecular complexity index is 354. The molecule has 1 aromatic heterocycles. The number of hydrogen-bond acceptors (Lipinski definition) is 3. The van der Waals surface area contributed by atoms with Crippen molar-refractivity contribution in [3.63, 3.8) is 0 Å². The van der Waals surface area contributed by atoms with Crippen LogP contribution < -0.4 is 10.6 Å². The van der Waals surface area contributed by atoms with E-state index in [2.05, 4.69) is 20.9 Å². The van der Waals surface area contributed by atoms with Gasteiger partial charge in [-0.2, -0.15) is 0 Å². The van der Waals surface area contributed by atoms with Crippen LogP contribution in [0.1, 0.15) is 5.56 Å². The van der Waals surface area contributed by atoms with E-state index in [0.717, 1.165) is 15.9 Å². The van der Waals surface area contributed by atoms with Crippen LogP contribution in [0.25, 0.3) is 0 Å². The highest BCUT2D eigenvalue weighted by atomic mass is 79.9. The lowest BCUT2D eigenvalue weighted by Gasteiger charge is -2.18. The molecule has 0 saturated heterocycles. The summed E-state index contributed by atoms with van der Waals surface area (Å²) in [4.78, 5) is 16.6. The number of nitrogens with two attached hydrogens (primary N) is 1. The molecule has 76 valence electrons. The van der Waals surface area contributed by atoms with Gasteiger partial charge in [0.2, 0.25) is 5.91 Å². The zero-order valence-corrected chi connectivity index (χ0v) is 9.71. The Labute approximate surface area is 91.2 Å². The van der Waals surface area contributed by atoms with Crippen molar-refractivity contribution < 1.29 is 4.79 Å². The molecule has 0 unspecified atom stereocenters. The maximum atomic E-state index is 10.7. The molecule has 0 bridgehead atoms. The van der Waals surface area contributed by atoms with Crippen molar-refractivity contribution in [2.75, 3.05) is 18.5 Å². The van der Waals surface area contributed by atoms with Crippen LogP contribution in [0, 0.1) is 6.92 Å². The maximum absolute atomic E-state index is 10.7. The van der Waals surface area contributed by atoms with Gasteiger partial charge in [-0.15, -0.1) is 0 Å². The number of carbonyl (C=O) groups excluding carboxylic acids is 1. The van der Waals surface area contributed by atoms with Crippen LogP contribution in [0.3, 0.4) is 0 Å². The number of rotatable bonds is 3. The third-order valence-corrected chi connectivity index (χ3v) is 2.80. The second-order valence-corrected chi connectivity index (χ2v) is 3.88. The Kier molecular flexibility index (Phi) is 3.46. The molecule has 0 saturated carbocycles. The smallest absolute Gasteiger partial charge is 0.236 e. The lowest BCUT2D eigenvalue weighted by Crippen LogP contribution is -2.31. The van der Waals surface area contributed by atoms with Crippen LogP contribution in [0.2, 0.25) is 0 Å². The summed E-state index contributed by atoms with van der Waals surface area (Å²) in [6.07, 6.45) is 1.70. The Balaban J connectivity index is 2.95. The maximum Gasteiger partial charge on any atom is 0.236 e. The van der Waals surface area contributed by atoms with Gasteiger partial charge in [-0.05, 0) is 34.5 Å². The molecule has 4 nitrogen and oxygen atoms in total. The molecule has 1 amide bonds. The third-order valence-electron chi connectivity index (χ3n) is 1.82. The fraction of sp³-hybridized carbons (Fsp3) is 0.333. The van der Waals surface area contributed by atoms with Gasteiger partial charge in [0.15, 0.2) is 0 Å². The average Bonchev–Trinajstić information content (AvgIpc) is 2.08. The predicted molar refractivity (Wildman–Crippen MR) is 59.1 cm³/mol. The normalized spacial score (nSPS) is 9.93. The molecule has 0 spiro atoms. The number of pyridine rings is 1. The van der Waals surface area contributed by atoms with Crippen molar-refractivity contribution in [1.29, 1.82) is 0 Å². The number of nitrogens with zero attached hydrogens (tertiary/aromatic N) is 2. The minimum atomic E-state index is -0.372. The average molecular weight is 258 g/mol. The topological polar surface area (TPSA) is 59.2 Å². The van der Waals surface area contributed by atoms with Crippen LogP contribution >= 0.6 is 15.9 Å². The molecular formula is C9H12BrN3O. The summed E-state index contributed by atoms with van der Waals surface area (Å²) in [5.41, 5.74) is 6.17. The van der Waals surface area contributed by atoms with Gasteiger partial charge in [-0.3, -0.25) is 4.79 Å². The highest BCUT2D eigenvalue weighted by Crippen LogP contribution is 2.25. The van der Waals surface area contributed by atoms with Gasteiger partial charge in [-0.25, -0.2) is 4.98 Å². The van der Waals surface area contributed by atoms with E-state index in [1.165, 1.54) is 0 Å². The number of amides is 1. The molecule has 0 atom stereocenters. The van der Waals surface area contributed by atoms with E-state index in [-0.39, 0.29) is 12.5 Å². The van der Waals surface area contributed by atoms with Crippen molar-refractivity contribution >= 4 is 27.7 Å². The van der Waals surface area contributed by atoms with Gasteiger partial charge in [0.1, 0.15) is 5.82 Å². The molecule has 14 heavy (non-hydrogen) atoms. The number of anilines is 1. The predicted octanol–water partition coefficient (Wildman–Crippen LogP) is 1.07. The fourth-order valence-corrected chi connectivity index (χ4v) is 1.64. The molecule has 5 heteroatoms. The zero-order valence-electron chi connectivity index (χ0n) is 8.12. The minimum absolute atomic E-state index is 0.162. The van der Waals surface area contributed by atoms with Gasteiger partial charge >= 0.3 is 0 Å². The Hall–Kier alpha value is -1.10. The van der Waals surface area contributed by atoms with Crippen molar-refractivity contribution in [1.82, 2.24) is 4.98 Å². The van der Waals surface area contributed by atoms with Crippen LogP contribution in [0.5, 0.6) is 0 Å². The number of primary amides is 1. The summed E-state index contributed by atoms with van der Waals surface area (Å²) in [7, 11) is 1.78. The van der Waals surface area contributed by atoms with Crippen molar-refractivity contribution in [3.8, 4) is 0 Å². The number of carbonyl (C=O) groups is 1. The van der Waals surface area contributed by atoms with Crippen LogP contribution in [-0.2, 0) is 4.79 Å². The molecule has 2 N–H and O–H groups in total. The van der Waals surface area contributed by atoms with E-state index in [1.807, 2.05) is 13.0 Å². The summed E-state index contributed by atoms with van der Waals surface area (Å²) in [6, 6.07) is 1.89. The SMILES string of the molecule is Cc1ccnc(N(C)CC(N)=O)c1Br. The molecule has 0 aliphatic rings. The van der Waals surface area contributed by atoms with Crippen molar-refractivity contribution in [2.24, 2.45) is 5.73 Å². The number of halogens is 1. The lowest BCUT2D eigenvalue weighted by atomic mass is 10.3. The fourth-order valence-electron chi connectivity index (χ4n) is 1.10. The van der Waals surface area contributed by atoms with Crippen molar-refractivity contribution in [3.05, 3.63) is 22.3 Å². The quantitative estimate of drug-likeness (QED) is 0.882. The van der Waals surface area contributed by atoms with E-state index >= 15 is 0 Å². The van der Waals surface area contributed by atoms with Gasteiger partial charge in [-0.1, -0.05) is 0 Å². The Morgan fingerprint density at radius 1 is 1.71 bits per heavy atom. The van der Waals surface area contributed by atoms with Gasteiger partial charge < -0.3 is 10.6 Å². The van der Waals surface area contributed by atoms with E-state index in [0.29, 0.717) is 0 Å². The van der Waals surface area contributed by atoms with Crippen LogP contribution in [0.4, 0.5) is 5.82 Å². The molecule has 0 aliphatic carbocycles. The molecular weight excluding hydrogens is 246 g/mol. The van der Waals surface area contributed by atoms with Crippen LogP contribution in [-0.4, -0.2) is 24.5 Å². The van der Waals surface area contributed by atoms with Gasteiger partial charge in [0.25, 0.3) is 0 Å². The molecule has 0 aromatic carbocycles. The van der Waals surface area contributed by atoms with E-state index in [1.54, 1.807) is 18.1 Å². The standard InChI is InChI=1S/C9H12BrN3O/c1-6-3-4-12-9(8(6)10)13(2)5-7(11)14/h3-4H,5H2,1-2H3,(H2,11,14). The molecule has 1 aromatic rings. The van der Waals surface area contributed by atoms with Crippen LogP contribution in [0.15, 0.2) is 16.7 Å². The number of likely N-dealkylation sites (N-methyl/N-ethyl adjacent to an activating group) is 1. The Morgan fingerprint density at radius 3 is 2.93 bits per heavy atom. The van der Waals surface area contributed by atoms with E-state index in [4.69, 9.17) is 5.73 Å². The summed E-state index contributed by atoms with van der Waals surface area (Å²) in [6.45, 7) is 2.13. The number of hydrogen-bond donors (Lipinski definition) is 1. The molecule has 0 radical (unpaired) electrons. The largest absolute Gasteiger partial charge is 0.368 e. The Morgan fingerprint density at radius 2 is 2.36 bits per heavy atom. The minimum Gasteiger partial charge on any atom is -0.368 e. The summed E-state index contributed by atoms with van der Waals surface area (Å²) in [5, 5.41) is 0. The third kappa shape index (κ3) is 2.45. The first-order chi connectivity index (χ1) is 6.52. The number of aromatic nitrogens is 1. The molecule has 0 fully saturated rings. The zero-order chi connectivity index (χ0) is 10.7. The van der Waals surface area contributed by atoms with E-state index in [9.17, 15) is 4.79 Å². The lowest BCUT2D eigenvalue weighted by molar-refractivity contribution is -0.116. The first-order valence-electron chi connectivity index (χ1n) is 4.13. The van der Waals surface area contributed by atoms with Crippen molar-refractivity contribution in [2.45, 2.75) is 6.92 Å². The summed E-state index contributed by atoms with van der Waals surface area (Å²) < 4.78 is 0.892. The molecule has 1 heterocycles. The highest BCUT2D eigenvalue weighted by Gasteiger charge is 2.10. The first-order valence-corrected chi connectivity index (χ1v) is 4.92. The van der Waals surface area contributed by atoms with Gasteiger partial charge in [0, 0.05) is 13.2 Å². The van der Waals surface area contributed by atoms with Gasteiger partial charge in [0.05, 0.1) is 11.0 Å².